The molecule has 3 aliphatic rings. The molecular weight excluding hydrogens is 166 g/mol. The molecule has 2 atom stereocenters. The Kier molecular flexibility index (Phi) is 1.70. The Bertz CT molecular complexity index is 207. The fraction of sp³-hybridized carbons (Fsp3) is 1.00. The van der Waals surface area contributed by atoms with Crippen LogP contribution in [0.15, 0.2) is 0 Å². The molecule has 2 saturated heterocycles. The molecule has 1 saturated carbocycles. The molecule has 3 fully saturated rings. The number of aliphatic hydroxyl groups excluding tert-OH is 1. The molecule has 0 amide bonds. The van der Waals surface area contributed by atoms with Gasteiger partial charge in [-0.25, -0.2) is 0 Å². The van der Waals surface area contributed by atoms with Crippen LogP contribution >= 0.6 is 0 Å². The van der Waals surface area contributed by atoms with Crippen molar-refractivity contribution < 1.29 is 9.84 Å². The van der Waals surface area contributed by atoms with Crippen molar-refractivity contribution in [1.82, 2.24) is 4.90 Å². The smallest absolute Gasteiger partial charge is 0.0950 e. The molecule has 2 heterocycles. The first kappa shape index (κ1) is 8.21. The van der Waals surface area contributed by atoms with Gasteiger partial charge in [0.05, 0.1) is 25.4 Å². The van der Waals surface area contributed by atoms with Gasteiger partial charge in [0.2, 0.25) is 0 Å². The number of rotatable bonds is 1. The number of hydrogen-bond acceptors (Lipinski definition) is 3. The Hall–Kier alpha value is -0.120. The number of aliphatic hydroxyl groups is 1. The van der Waals surface area contributed by atoms with Gasteiger partial charge in [-0.1, -0.05) is 6.42 Å². The lowest BCUT2D eigenvalue weighted by Crippen LogP contribution is -2.64. The standard InChI is InChI=1S/C10H17NO2/c12-9-5-13-4-8(9)11-6-10(7-11)2-1-3-10/h8-9,12H,1-7H2/t8-,9-/m1/s1. The third-order valence-corrected chi connectivity index (χ3v) is 3.98. The predicted octanol–water partition coefficient (Wildman–Crippen LogP) is 0.232. The van der Waals surface area contributed by atoms with Crippen molar-refractivity contribution in [2.45, 2.75) is 31.4 Å². The normalized spacial score (nSPS) is 43.2. The van der Waals surface area contributed by atoms with E-state index < -0.39 is 0 Å². The van der Waals surface area contributed by atoms with Crippen LogP contribution in [-0.4, -0.2) is 48.5 Å². The highest BCUT2D eigenvalue weighted by Gasteiger charge is 2.50. The predicted molar refractivity (Wildman–Crippen MR) is 48.5 cm³/mol. The minimum Gasteiger partial charge on any atom is -0.389 e. The van der Waals surface area contributed by atoms with E-state index >= 15 is 0 Å². The molecule has 0 aromatic carbocycles. The zero-order valence-electron chi connectivity index (χ0n) is 7.91. The summed E-state index contributed by atoms with van der Waals surface area (Å²) in [5, 5.41) is 9.62. The van der Waals surface area contributed by atoms with Crippen LogP contribution in [-0.2, 0) is 4.74 Å². The van der Waals surface area contributed by atoms with Gasteiger partial charge in [-0.2, -0.15) is 0 Å². The minimum atomic E-state index is -0.238. The second-order valence-electron chi connectivity index (χ2n) is 4.93. The van der Waals surface area contributed by atoms with Crippen molar-refractivity contribution in [3.8, 4) is 0 Å². The number of nitrogens with zero attached hydrogens (tertiary/aromatic N) is 1. The van der Waals surface area contributed by atoms with Crippen molar-refractivity contribution in [2.24, 2.45) is 5.41 Å². The SMILES string of the molecule is O[C@@H]1COC[C@H]1N1CC2(CCC2)C1. The van der Waals surface area contributed by atoms with Crippen LogP contribution in [0.5, 0.6) is 0 Å². The topological polar surface area (TPSA) is 32.7 Å². The Morgan fingerprint density at radius 2 is 2.00 bits per heavy atom. The monoisotopic (exact) mass is 183 g/mol. The summed E-state index contributed by atoms with van der Waals surface area (Å²) in [6.07, 6.45) is 4.00. The summed E-state index contributed by atoms with van der Waals surface area (Å²) in [4.78, 5) is 2.40. The third-order valence-electron chi connectivity index (χ3n) is 3.98. The summed E-state index contributed by atoms with van der Waals surface area (Å²) in [6.45, 7) is 3.68. The van der Waals surface area contributed by atoms with Crippen molar-refractivity contribution in [2.75, 3.05) is 26.3 Å². The fourth-order valence-electron chi connectivity index (χ4n) is 2.92. The number of ether oxygens (including phenoxy) is 1. The Morgan fingerprint density at radius 1 is 1.23 bits per heavy atom. The molecule has 0 radical (unpaired) electrons. The maximum atomic E-state index is 9.62. The first-order chi connectivity index (χ1) is 6.29. The molecule has 13 heavy (non-hydrogen) atoms. The van der Waals surface area contributed by atoms with E-state index in [4.69, 9.17) is 4.74 Å². The van der Waals surface area contributed by atoms with Crippen LogP contribution in [0.2, 0.25) is 0 Å². The number of hydrogen-bond donors (Lipinski definition) is 1. The van der Waals surface area contributed by atoms with E-state index in [1.807, 2.05) is 0 Å². The Balaban J connectivity index is 1.57. The largest absolute Gasteiger partial charge is 0.389 e. The van der Waals surface area contributed by atoms with E-state index in [0.29, 0.717) is 18.1 Å². The molecule has 3 nitrogen and oxygen atoms in total. The summed E-state index contributed by atoms with van der Waals surface area (Å²) < 4.78 is 5.25. The van der Waals surface area contributed by atoms with Crippen molar-refractivity contribution in [3.05, 3.63) is 0 Å². The van der Waals surface area contributed by atoms with Gasteiger partial charge in [0.25, 0.3) is 0 Å². The average molecular weight is 183 g/mol. The highest BCUT2D eigenvalue weighted by Crippen LogP contribution is 2.49. The van der Waals surface area contributed by atoms with E-state index in [0.717, 1.165) is 6.61 Å². The van der Waals surface area contributed by atoms with Gasteiger partial charge in [-0.15, -0.1) is 0 Å². The van der Waals surface area contributed by atoms with Crippen molar-refractivity contribution >= 4 is 0 Å². The molecule has 0 aromatic heterocycles. The Morgan fingerprint density at radius 3 is 2.46 bits per heavy atom. The quantitative estimate of drug-likeness (QED) is 0.632. The van der Waals surface area contributed by atoms with Gasteiger partial charge in [0, 0.05) is 13.1 Å². The molecule has 3 heteroatoms. The highest BCUT2D eigenvalue weighted by atomic mass is 16.5. The average Bonchev–Trinajstić information content (AvgIpc) is 2.30. The van der Waals surface area contributed by atoms with Gasteiger partial charge in [0.15, 0.2) is 0 Å². The van der Waals surface area contributed by atoms with Crippen LogP contribution < -0.4 is 0 Å². The summed E-state index contributed by atoms with van der Waals surface area (Å²) in [7, 11) is 0. The van der Waals surface area contributed by atoms with Crippen molar-refractivity contribution in [1.29, 1.82) is 0 Å². The molecule has 0 bridgehead atoms. The summed E-state index contributed by atoms with van der Waals surface area (Å²) >= 11 is 0. The molecule has 1 spiro atoms. The van der Waals surface area contributed by atoms with E-state index in [9.17, 15) is 5.11 Å². The van der Waals surface area contributed by atoms with Gasteiger partial charge < -0.3 is 9.84 Å². The van der Waals surface area contributed by atoms with Crippen LogP contribution in [0.25, 0.3) is 0 Å². The van der Waals surface area contributed by atoms with Gasteiger partial charge in [0.1, 0.15) is 0 Å². The van der Waals surface area contributed by atoms with Crippen LogP contribution in [0.4, 0.5) is 0 Å². The van der Waals surface area contributed by atoms with E-state index in [2.05, 4.69) is 4.90 Å². The molecular formula is C10H17NO2. The van der Waals surface area contributed by atoms with Gasteiger partial charge in [-0.05, 0) is 18.3 Å². The lowest BCUT2D eigenvalue weighted by atomic mass is 9.63. The molecule has 0 aromatic rings. The van der Waals surface area contributed by atoms with Crippen LogP contribution in [0.3, 0.4) is 0 Å². The molecule has 1 N–H and O–H groups in total. The summed E-state index contributed by atoms with van der Waals surface area (Å²) in [5.74, 6) is 0. The molecule has 2 aliphatic heterocycles. The number of likely N-dealkylation sites (tertiary alicyclic amines) is 1. The second kappa shape index (κ2) is 2.69. The van der Waals surface area contributed by atoms with Crippen LogP contribution in [0, 0.1) is 5.41 Å². The molecule has 0 unspecified atom stereocenters. The maximum Gasteiger partial charge on any atom is 0.0950 e. The first-order valence-corrected chi connectivity index (χ1v) is 5.29. The zero-order chi connectivity index (χ0) is 8.89. The maximum absolute atomic E-state index is 9.62. The van der Waals surface area contributed by atoms with E-state index in [1.165, 1.54) is 32.4 Å². The van der Waals surface area contributed by atoms with Gasteiger partial charge in [-0.3, -0.25) is 4.90 Å². The van der Waals surface area contributed by atoms with E-state index in [1.54, 1.807) is 0 Å². The first-order valence-electron chi connectivity index (χ1n) is 5.29. The molecule has 1 aliphatic carbocycles. The van der Waals surface area contributed by atoms with Gasteiger partial charge >= 0.3 is 0 Å². The van der Waals surface area contributed by atoms with E-state index in [-0.39, 0.29) is 6.10 Å². The molecule has 3 rings (SSSR count). The van der Waals surface area contributed by atoms with Crippen molar-refractivity contribution in [3.63, 3.8) is 0 Å². The summed E-state index contributed by atoms with van der Waals surface area (Å²) in [6, 6.07) is 0.297. The third kappa shape index (κ3) is 1.14. The fourth-order valence-corrected chi connectivity index (χ4v) is 2.92. The second-order valence-corrected chi connectivity index (χ2v) is 4.93. The Labute approximate surface area is 78.7 Å². The lowest BCUT2D eigenvalue weighted by Gasteiger charge is -2.58. The lowest BCUT2D eigenvalue weighted by molar-refractivity contribution is -0.0983. The summed E-state index contributed by atoms with van der Waals surface area (Å²) in [5.41, 5.74) is 0.669. The molecule has 74 valence electrons. The highest BCUT2D eigenvalue weighted by molar-refractivity contribution is 5.04. The minimum absolute atomic E-state index is 0.238. The zero-order valence-corrected chi connectivity index (χ0v) is 7.91. The van der Waals surface area contributed by atoms with Crippen LogP contribution in [0.1, 0.15) is 19.3 Å².